The number of nitro benzene ring substituents is 1. The number of nitro groups is 1. The summed E-state index contributed by atoms with van der Waals surface area (Å²) in [7, 11) is 1.59. The van der Waals surface area contributed by atoms with Crippen molar-refractivity contribution in [1.82, 2.24) is 9.88 Å². The number of nitrogens with zero attached hydrogens (tertiary/aromatic N) is 2. The molecule has 4 aromatic rings. The first-order chi connectivity index (χ1) is 16.6. The minimum Gasteiger partial charge on any atom is -0.383 e. The Bertz CT molecular complexity index is 1270. The lowest BCUT2D eigenvalue weighted by atomic mass is 9.88. The molecule has 4 rings (SSSR count). The largest absolute Gasteiger partial charge is 0.383 e. The quantitative estimate of drug-likeness (QED) is 0.209. The molecule has 1 heterocycles. The second-order valence-corrected chi connectivity index (χ2v) is 8.17. The molecule has 0 aliphatic carbocycles. The number of carbonyl (C=O) groups excluding carboxylic acids is 1. The molecule has 1 N–H and O–H groups in total. The van der Waals surface area contributed by atoms with Crippen LogP contribution in [-0.4, -0.2) is 35.7 Å². The van der Waals surface area contributed by atoms with Crippen LogP contribution in [0.5, 0.6) is 0 Å². The molecule has 0 saturated carbocycles. The molecule has 174 valence electrons. The van der Waals surface area contributed by atoms with Crippen LogP contribution < -0.4 is 5.32 Å². The van der Waals surface area contributed by atoms with Gasteiger partial charge in [0.25, 0.3) is 5.69 Å². The summed E-state index contributed by atoms with van der Waals surface area (Å²) < 4.78 is 7.14. The van der Waals surface area contributed by atoms with Crippen LogP contribution in [0.3, 0.4) is 0 Å². The van der Waals surface area contributed by atoms with Crippen LogP contribution in [0.4, 0.5) is 5.69 Å². The van der Waals surface area contributed by atoms with Crippen LogP contribution >= 0.6 is 0 Å². The van der Waals surface area contributed by atoms with Crippen molar-refractivity contribution in [3.63, 3.8) is 0 Å². The molecule has 3 aromatic carbocycles. The van der Waals surface area contributed by atoms with Gasteiger partial charge in [0.2, 0.25) is 5.91 Å². The van der Waals surface area contributed by atoms with Gasteiger partial charge in [-0.2, -0.15) is 0 Å². The number of nitrogens with one attached hydrogen (secondary N) is 1. The molecule has 0 radical (unpaired) electrons. The zero-order valence-electron chi connectivity index (χ0n) is 19.0. The zero-order valence-corrected chi connectivity index (χ0v) is 19.0. The third-order valence-electron chi connectivity index (χ3n) is 5.90. The van der Waals surface area contributed by atoms with Crippen LogP contribution in [0.25, 0.3) is 10.9 Å². The maximum absolute atomic E-state index is 12.8. The first-order valence-electron chi connectivity index (χ1n) is 11.2. The van der Waals surface area contributed by atoms with Gasteiger partial charge in [-0.05, 0) is 22.8 Å². The molecule has 0 bridgehead atoms. The Morgan fingerprint density at radius 3 is 2.44 bits per heavy atom. The van der Waals surface area contributed by atoms with Crippen molar-refractivity contribution in [3.05, 3.63) is 112 Å². The average Bonchev–Trinajstić information content (AvgIpc) is 3.21. The zero-order chi connectivity index (χ0) is 23.9. The van der Waals surface area contributed by atoms with E-state index in [1.165, 1.54) is 6.07 Å². The van der Waals surface area contributed by atoms with Gasteiger partial charge in [0.15, 0.2) is 0 Å². The van der Waals surface area contributed by atoms with Crippen molar-refractivity contribution < 1.29 is 14.5 Å². The van der Waals surface area contributed by atoms with Gasteiger partial charge in [0.1, 0.15) is 0 Å². The van der Waals surface area contributed by atoms with Crippen molar-refractivity contribution in [3.8, 4) is 0 Å². The summed E-state index contributed by atoms with van der Waals surface area (Å²) in [5, 5.41) is 15.2. The second kappa shape index (κ2) is 10.8. The highest BCUT2D eigenvalue weighted by molar-refractivity contribution is 5.88. The standard InChI is InChI=1S/C27H27N3O4/c1-34-15-14-28-27(31)17-23(21-10-6-3-7-11-21)25-19-29(18-20-8-4-2-5-9-20)26-13-12-22(30(32)33)16-24(25)26/h2-13,16,19,23H,14-15,17-18H2,1H3,(H,28,31)/t23-/m1/s1. The summed E-state index contributed by atoms with van der Waals surface area (Å²) in [4.78, 5) is 24.0. The number of aromatic nitrogens is 1. The maximum Gasteiger partial charge on any atom is 0.270 e. The minimum atomic E-state index is -0.382. The first kappa shape index (κ1) is 23.2. The van der Waals surface area contributed by atoms with E-state index in [0.717, 1.165) is 27.6 Å². The van der Waals surface area contributed by atoms with Gasteiger partial charge in [-0.3, -0.25) is 14.9 Å². The third-order valence-corrected chi connectivity index (χ3v) is 5.90. The van der Waals surface area contributed by atoms with Crippen LogP contribution in [0, 0.1) is 10.1 Å². The van der Waals surface area contributed by atoms with E-state index < -0.39 is 0 Å². The molecule has 7 nitrogen and oxygen atoms in total. The lowest BCUT2D eigenvalue weighted by Gasteiger charge is -2.17. The highest BCUT2D eigenvalue weighted by atomic mass is 16.6. The maximum atomic E-state index is 12.8. The molecule has 1 aromatic heterocycles. The molecule has 0 aliphatic heterocycles. The number of amides is 1. The number of benzene rings is 3. The van der Waals surface area contributed by atoms with E-state index in [4.69, 9.17) is 4.74 Å². The Hall–Kier alpha value is -3.97. The molecule has 0 fully saturated rings. The molecule has 1 atom stereocenters. The molecule has 7 heteroatoms. The molecule has 0 aliphatic rings. The molecule has 1 amide bonds. The van der Waals surface area contributed by atoms with Crippen molar-refractivity contribution >= 4 is 22.5 Å². The van der Waals surface area contributed by atoms with Gasteiger partial charge in [0.05, 0.1) is 11.5 Å². The van der Waals surface area contributed by atoms with Crippen molar-refractivity contribution in [2.45, 2.75) is 18.9 Å². The predicted octanol–water partition coefficient (Wildman–Crippen LogP) is 4.88. The van der Waals surface area contributed by atoms with Gasteiger partial charge in [-0.15, -0.1) is 0 Å². The number of carbonyl (C=O) groups is 1. The fourth-order valence-corrected chi connectivity index (χ4v) is 4.26. The van der Waals surface area contributed by atoms with E-state index in [2.05, 4.69) is 22.0 Å². The topological polar surface area (TPSA) is 86.4 Å². The SMILES string of the molecule is COCCNC(=O)C[C@H](c1ccccc1)c1cn(Cc2ccccc2)c2ccc([N+](=O)[O-])cc12. The third kappa shape index (κ3) is 5.32. The van der Waals surface area contributed by atoms with Crippen LogP contribution in [0.15, 0.2) is 85.1 Å². The molecule has 34 heavy (non-hydrogen) atoms. The Kier molecular flexibility index (Phi) is 7.34. The summed E-state index contributed by atoms with van der Waals surface area (Å²) in [6.07, 6.45) is 2.25. The Morgan fingerprint density at radius 1 is 1.06 bits per heavy atom. The van der Waals surface area contributed by atoms with Crippen LogP contribution in [-0.2, 0) is 16.1 Å². The smallest absolute Gasteiger partial charge is 0.270 e. The van der Waals surface area contributed by atoms with Gasteiger partial charge in [-0.1, -0.05) is 60.7 Å². The molecular formula is C27H27N3O4. The van der Waals surface area contributed by atoms with E-state index in [1.807, 2.05) is 54.7 Å². The normalized spacial score (nSPS) is 11.9. The predicted molar refractivity (Wildman–Crippen MR) is 132 cm³/mol. The van der Waals surface area contributed by atoms with E-state index in [-0.39, 0.29) is 28.9 Å². The molecular weight excluding hydrogens is 430 g/mol. The monoisotopic (exact) mass is 457 g/mol. The van der Waals surface area contributed by atoms with Crippen LogP contribution in [0.2, 0.25) is 0 Å². The number of ether oxygens (including phenoxy) is 1. The average molecular weight is 458 g/mol. The Morgan fingerprint density at radius 2 is 1.76 bits per heavy atom. The van der Waals surface area contributed by atoms with E-state index in [1.54, 1.807) is 19.2 Å². The Labute approximate surface area is 198 Å². The number of hydrogen-bond donors (Lipinski definition) is 1. The summed E-state index contributed by atoms with van der Waals surface area (Å²) in [5.41, 5.74) is 3.92. The van der Waals surface area contributed by atoms with Crippen LogP contribution in [0.1, 0.15) is 29.0 Å². The highest BCUT2D eigenvalue weighted by Gasteiger charge is 2.24. The number of rotatable bonds is 10. The summed E-state index contributed by atoms with van der Waals surface area (Å²) in [6, 6.07) is 24.8. The molecule has 0 saturated heterocycles. The summed E-state index contributed by atoms with van der Waals surface area (Å²) in [5.74, 6) is -0.356. The molecule has 0 spiro atoms. The number of methoxy groups -OCH3 is 1. The fraction of sp³-hybridized carbons (Fsp3) is 0.222. The lowest BCUT2D eigenvalue weighted by molar-refractivity contribution is -0.384. The fourth-order valence-electron chi connectivity index (χ4n) is 4.26. The van der Waals surface area contributed by atoms with Gasteiger partial charge in [-0.25, -0.2) is 0 Å². The number of fused-ring (bicyclic) bond motifs is 1. The summed E-state index contributed by atoms with van der Waals surface area (Å²) >= 11 is 0. The Balaban J connectivity index is 1.80. The number of non-ortho nitro benzene ring substituents is 1. The minimum absolute atomic E-state index is 0.0302. The second-order valence-electron chi connectivity index (χ2n) is 8.17. The van der Waals surface area contributed by atoms with Crippen molar-refractivity contribution in [1.29, 1.82) is 0 Å². The summed E-state index contributed by atoms with van der Waals surface area (Å²) in [6.45, 7) is 1.49. The van der Waals surface area contributed by atoms with Gasteiger partial charge >= 0.3 is 0 Å². The molecule has 0 unspecified atom stereocenters. The van der Waals surface area contributed by atoms with Gasteiger partial charge < -0.3 is 14.6 Å². The highest BCUT2D eigenvalue weighted by Crippen LogP contribution is 2.36. The van der Waals surface area contributed by atoms with Crippen molar-refractivity contribution in [2.24, 2.45) is 0 Å². The van der Waals surface area contributed by atoms with E-state index in [0.29, 0.717) is 19.7 Å². The van der Waals surface area contributed by atoms with E-state index >= 15 is 0 Å². The van der Waals surface area contributed by atoms with Crippen molar-refractivity contribution in [2.75, 3.05) is 20.3 Å². The number of hydrogen-bond acceptors (Lipinski definition) is 4. The van der Waals surface area contributed by atoms with E-state index in [9.17, 15) is 14.9 Å². The first-order valence-corrected chi connectivity index (χ1v) is 11.2. The lowest BCUT2D eigenvalue weighted by Crippen LogP contribution is -2.28. The van der Waals surface area contributed by atoms with Gasteiger partial charge in [0, 0.05) is 61.8 Å².